The van der Waals surface area contributed by atoms with Gasteiger partial charge in [0, 0.05) is 19.3 Å². The zero-order valence-corrected chi connectivity index (χ0v) is 31.7. The summed E-state index contributed by atoms with van der Waals surface area (Å²) in [7, 11) is 0. The van der Waals surface area contributed by atoms with E-state index in [4.69, 9.17) is 9.47 Å². The second-order valence-corrected chi connectivity index (χ2v) is 14.0. The molecule has 0 radical (unpaired) electrons. The van der Waals surface area contributed by atoms with E-state index in [1.54, 1.807) is 6.08 Å². The number of hydrogen-bond donors (Lipinski definition) is 1. The van der Waals surface area contributed by atoms with Gasteiger partial charge in [0.05, 0.1) is 0 Å². The lowest BCUT2D eigenvalue weighted by Crippen LogP contribution is -2.25. The summed E-state index contributed by atoms with van der Waals surface area (Å²) in [4.78, 5) is 35.8. The third-order valence-electron chi connectivity index (χ3n) is 9.21. The van der Waals surface area contributed by atoms with Crippen molar-refractivity contribution in [1.82, 2.24) is 0 Å². The SMILES string of the molecule is CCCCC/C=C\C=C\C(=O)CCCCCCCC(=O)OC[C@@H](O)COC(=O)CCCCCCCCCCCCCCCCC(C)CC. The maximum absolute atomic E-state index is 12.0. The Balaban J connectivity index is 3.49. The first kappa shape index (κ1) is 46.0. The third-order valence-corrected chi connectivity index (χ3v) is 9.21. The number of ketones is 1. The molecular weight excluding hydrogens is 600 g/mol. The van der Waals surface area contributed by atoms with Crippen molar-refractivity contribution < 1.29 is 29.0 Å². The largest absolute Gasteiger partial charge is 0.463 e. The first-order valence-electron chi connectivity index (χ1n) is 20.2. The molecule has 1 N–H and O–H groups in total. The molecule has 1 unspecified atom stereocenters. The fraction of sp³-hybridized carbons (Fsp3) is 0.833. The first-order valence-corrected chi connectivity index (χ1v) is 20.2. The van der Waals surface area contributed by atoms with Gasteiger partial charge in [-0.3, -0.25) is 14.4 Å². The Morgan fingerprint density at radius 1 is 0.562 bits per heavy atom. The molecule has 0 fully saturated rings. The van der Waals surface area contributed by atoms with E-state index in [2.05, 4.69) is 26.8 Å². The number of allylic oxidation sites excluding steroid dienone is 4. The lowest BCUT2D eigenvalue weighted by Gasteiger charge is -2.12. The number of carbonyl (C=O) groups excluding carboxylic acids is 3. The molecule has 280 valence electrons. The first-order chi connectivity index (χ1) is 23.4. The van der Waals surface area contributed by atoms with E-state index < -0.39 is 6.10 Å². The third kappa shape index (κ3) is 35.4. The van der Waals surface area contributed by atoms with Crippen molar-refractivity contribution in [2.45, 2.75) is 207 Å². The topological polar surface area (TPSA) is 89.9 Å². The highest BCUT2D eigenvalue weighted by Gasteiger charge is 2.12. The molecule has 6 heteroatoms. The second-order valence-electron chi connectivity index (χ2n) is 14.0. The molecule has 0 aromatic rings. The summed E-state index contributed by atoms with van der Waals surface area (Å²) in [5.41, 5.74) is 0. The Bertz CT molecular complexity index is 804. The van der Waals surface area contributed by atoms with Crippen molar-refractivity contribution in [2.75, 3.05) is 13.2 Å². The van der Waals surface area contributed by atoms with Crippen molar-refractivity contribution in [3.63, 3.8) is 0 Å². The molecule has 48 heavy (non-hydrogen) atoms. The number of rotatable bonds is 36. The molecule has 0 spiro atoms. The van der Waals surface area contributed by atoms with E-state index in [0.717, 1.165) is 63.7 Å². The lowest BCUT2D eigenvalue weighted by molar-refractivity contribution is -0.152. The predicted octanol–water partition coefficient (Wildman–Crippen LogP) is 11.7. The molecule has 0 aliphatic rings. The number of ether oxygens (including phenoxy) is 2. The molecule has 0 amide bonds. The number of hydrogen-bond acceptors (Lipinski definition) is 6. The van der Waals surface area contributed by atoms with Crippen LogP contribution in [0.5, 0.6) is 0 Å². The van der Waals surface area contributed by atoms with E-state index in [0.29, 0.717) is 19.3 Å². The second kappa shape index (κ2) is 36.3. The molecule has 0 bridgehead atoms. The van der Waals surface area contributed by atoms with Gasteiger partial charge < -0.3 is 14.6 Å². The highest BCUT2D eigenvalue weighted by molar-refractivity contribution is 5.89. The Morgan fingerprint density at radius 2 is 1.00 bits per heavy atom. The van der Waals surface area contributed by atoms with Gasteiger partial charge in [-0.1, -0.05) is 167 Å². The van der Waals surface area contributed by atoms with Crippen molar-refractivity contribution in [2.24, 2.45) is 5.92 Å². The van der Waals surface area contributed by atoms with E-state index in [-0.39, 0.29) is 30.9 Å². The summed E-state index contributed by atoms with van der Waals surface area (Å²) in [5.74, 6) is 0.406. The van der Waals surface area contributed by atoms with E-state index in [1.807, 2.05) is 12.2 Å². The Hall–Kier alpha value is -1.95. The summed E-state index contributed by atoms with van der Waals surface area (Å²) in [5, 5.41) is 10.0. The summed E-state index contributed by atoms with van der Waals surface area (Å²) < 4.78 is 10.3. The maximum atomic E-state index is 12.0. The highest BCUT2D eigenvalue weighted by Crippen LogP contribution is 2.16. The van der Waals surface area contributed by atoms with Crippen molar-refractivity contribution in [3.8, 4) is 0 Å². The summed E-state index contributed by atoms with van der Waals surface area (Å²) >= 11 is 0. The van der Waals surface area contributed by atoms with Crippen LogP contribution in [0.3, 0.4) is 0 Å². The van der Waals surface area contributed by atoms with Crippen LogP contribution in [-0.2, 0) is 23.9 Å². The van der Waals surface area contributed by atoms with Crippen molar-refractivity contribution >= 4 is 17.7 Å². The highest BCUT2D eigenvalue weighted by atomic mass is 16.6. The molecule has 0 aromatic heterocycles. The van der Waals surface area contributed by atoms with Gasteiger partial charge in [0.25, 0.3) is 0 Å². The summed E-state index contributed by atoms with van der Waals surface area (Å²) in [6.45, 7) is 6.54. The Morgan fingerprint density at radius 3 is 1.46 bits per heavy atom. The minimum atomic E-state index is -1.000. The fourth-order valence-electron chi connectivity index (χ4n) is 5.69. The Kier molecular flexibility index (Phi) is 34.9. The molecule has 0 heterocycles. The number of aliphatic hydroxyl groups is 1. The number of carbonyl (C=O) groups is 3. The van der Waals surface area contributed by atoms with Gasteiger partial charge in [0.15, 0.2) is 5.78 Å². The lowest BCUT2D eigenvalue weighted by atomic mass is 9.99. The van der Waals surface area contributed by atoms with Crippen molar-refractivity contribution in [1.29, 1.82) is 0 Å². The van der Waals surface area contributed by atoms with Crippen LogP contribution in [0, 0.1) is 5.92 Å². The van der Waals surface area contributed by atoms with Gasteiger partial charge in [0.1, 0.15) is 19.3 Å². The van der Waals surface area contributed by atoms with Crippen LogP contribution in [0.2, 0.25) is 0 Å². The average molecular weight is 677 g/mol. The smallest absolute Gasteiger partial charge is 0.305 e. The molecule has 6 nitrogen and oxygen atoms in total. The summed E-state index contributed by atoms with van der Waals surface area (Å²) in [6.07, 6.45) is 37.6. The van der Waals surface area contributed by atoms with Crippen LogP contribution in [0.15, 0.2) is 24.3 Å². The maximum Gasteiger partial charge on any atom is 0.305 e. The monoisotopic (exact) mass is 677 g/mol. The van der Waals surface area contributed by atoms with E-state index >= 15 is 0 Å². The fourth-order valence-corrected chi connectivity index (χ4v) is 5.69. The molecule has 0 saturated heterocycles. The minimum Gasteiger partial charge on any atom is -0.463 e. The number of aliphatic hydroxyl groups excluding tert-OH is 1. The van der Waals surface area contributed by atoms with Crippen LogP contribution < -0.4 is 0 Å². The Labute approximate surface area is 296 Å². The number of unbranched alkanes of at least 4 members (excludes halogenated alkanes) is 20. The summed E-state index contributed by atoms with van der Waals surface area (Å²) in [6, 6.07) is 0. The molecule has 0 aliphatic heterocycles. The van der Waals surface area contributed by atoms with Gasteiger partial charge >= 0.3 is 11.9 Å². The van der Waals surface area contributed by atoms with Gasteiger partial charge in [-0.2, -0.15) is 0 Å². The van der Waals surface area contributed by atoms with Gasteiger partial charge in [-0.15, -0.1) is 0 Å². The standard InChI is InChI=1S/C42H76O6/c1-4-6-7-8-17-22-27-32-39(43)33-28-23-20-25-30-35-42(46)48-37-40(44)36-47-41(45)34-29-24-19-16-14-12-10-9-11-13-15-18-21-26-31-38(3)5-2/h17,22,27,32,38,40,44H,4-16,18-21,23-26,28-31,33-37H2,1-3H3/b22-17-,32-27+/t38?,40-/m0/s1. The quantitative estimate of drug-likeness (QED) is 0.0307. The molecule has 0 aliphatic carbocycles. The van der Waals surface area contributed by atoms with Gasteiger partial charge in [0.2, 0.25) is 0 Å². The zero-order chi connectivity index (χ0) is 35.3. The normalized spacial score (nSPS) is 12.9. The van der Waals surface area contributed by atoms with Crippen LogP contribution in [-0.4, -0.2) is 42.1 Å². The van der Waals surface area contributed by atoms with Crippen LogP contribution in [0.4, 0.5) is 0 Å². The van der Waals surface area contributed by atoms with Crippen LogP contribution in [0.25, 0.3) is 0 Å². The van der Waals surface area contributed by atoms with Crippen molar-refractivity contribution in [3.05, 3.63) is 24.3 Å². The van der Waals surface area contributed by atoms with Crippen LogP contribution in [0.1, 0.15) is 201 Å². The molecule has 2 atom stereocenters. The molecular formula is C42H76O6. The molecule has 0 aromatic carbocycles. The van der Waals surface area contributed by atoms with E-state index in [9.17, 15) is 19.5 Å². The minimum absolute atomic E-state index is 0.145. The van der Waals surface area contributed by atoms with Crippen LogP contribution >= 0.6 is 0 Å². The molecule has 0 rings (SSSR count). The van der Waals surface area contributed by atoms with E-state index in [1.165, 1.54) is 103 Å². The van der Waals surface area contributed by atoms with Gasteiger partial charge in [-0.25, -0.2) is 0 Å². The van der Waals surface area contributed by atoms with Gasteiger partial charge in [-0.05, 0) is 44.1 Å². The predicted molar refractivity (Wildman–Crippen MR) is 201 cm³/mol. The average Bonchev–Trinajstić information content (AvgIpc) is 3.08. The zero-order valence-electron chi connectivity index (χ0n) is 31.7. The number of esters is 2. The molecule has 0 saturated carbocycles.